The van der Waals surface area contributed by atoms with Gasteiger partial charge in [0, 0.05) is 30.6 Å². The van der Waals surface area contributed by atoms with Gasteiger partial charge in [-0.05, 0) is 84.2 Å². The van der Waals surface area contributed by atoms with Gasteiger partial charge < -0.3 is 19.5 Å². The quantitative estimate of drug-likeness (QED) is 0.517. The molecule has 3 aromatic carbocycles. The fourth-order valence-corrected chi connectivity index (χ4v) is 6.44. The van der Waals surface area contributed by atoms with E-state index in [0.29, 0.717) is 6.61 Å². The van der Waals surface area contributed by atoms with Crippen molar-refractivity contribution in [3.05, 3.63) is 94.5 Å². The van der Waals surface area contributed by atoms with E-state index in [4.69, 9.17) is 4.74 Å². The SMILES string of the molecule is O=CC1CCN(c2ccc([C@@H]3c4ccc(O)cc4CO[C@]34CCCc3ccccc34)cc2)CC1. The predicted molar refractivity (Wildman–Crippen MR) is 133 cm³/mol. The maximum absolute atomic E-state index is 11.1. The van der Waals surface area contributed by atoms with Gasteiger partial charge in [0.1, 0.15) is 17.6 Å². The molecule has 0 unspecified atom stereocenters. The lowest BCUT2D eigenvalue weighted by Gasteiger charge is -2.48. The minimum atomic E-state index is -0.400. The number of benzene rings is 3. The second-order valence-electron chi connectivity index (χ2n) is 10.1. The molecule has 2 aliphatic heterocycles. The monoisotopic (exact) mass is 453 g/mol. The van der Waals surface area contributed by atoms with E-state index in [2.05, 4.69) is 59.5 Å². The van der Waals surface area contributed by atoms with Crippen LogP contribution in [0.25, 0.3) is 0 Å². The topological polar surface area (TPSA) is 49.8 Å². The Bertz CT molecular complexity index is 1200. The predicted octanol–water partition coefficient (Wildman–Crippen LogP) is 5.70. The number of hydrogen-bond acceptors (Lipinski definition) is 4. The van der Waals surface area contributed by atoms with Crippen molar-refractivity contribution < 1.29 is 14.6 Å². The molecule has 2 atom stereocenters. The molecule has 0 saturated carbocycles. The zero-order valence-corrected chi connectivity index (χ0v) is 19.5. The van der Waals surface area contributed by atoms with Gasteiger partial charge in [0.15, 0.2) is 0 Å². The number of phenols is 1. The molecule has 1 aliphatic carbocycles. The van der Waals surface area contributed by atoms with Gasteiger partial charge in [-0.1, -0.05) is 42.5 Å². The summed E-state index contributed by atoms with van der Waals surface area (Å²) in [5.41, 5.74) is 7.08. The Morgan fingerprint density at radius 3 is 2.56 bits per heavy atom. The highest BCUT2D eigenvalue weighted by molar-refractivity contribution is 5.57. The van der Waals surface area contributed by atoms with Gasteiger partial charge in [-0.3, -0.25) is 0 Å². The lowest BCUT2D eigenvalue weighted by molar-refractivity contribution is -0.111. The largest absolute Gasteiger partial charge is 0.508 e. The summed E-state index contributed by atoms with van der Waals surface area (Å²) in [6.07, 6.45) is 6.14. The third-order valence-corrected chi connectivity index (χ3v) is 8.18. The molecule has 6 rings (SSSR count). The fraction of sp³-hybridized carbons (Fsp3) is 0.367. The summed E-state index contributed by atoms with van der Waals surface area (Å²) >= 11 is 0. The molecule has 2 heterocycles. The summed E-state index contributed by atoms with van der Waals surface area (Å²) in [7, 11) is 0. The Morgan fingerprint density at radius 2 is 1.76 bits per heavy atom. The molecule has 1 saturated heterocycles. The number of fused-ring (bicyclic) bond motifs is 3. The van der Waals surface area contributed by atoms with Crippen LogP contribution in [0.1, 0.15) is 59.4 Å². The third kappa shape index (κ3) is 3.52. The first-order valence-electron chi connectivity index (χ1n) is 12.5. The summed E-state index contributed by atoms with van der Waals surface area (Å²) in [4.78, 5) is 13.5. The number of carbonyl (C=O) groups excluding carboxylic acids is 1. The number of anilines is 1. The number of ether oxygens (including phenoxy) is 1. The number of aromatic hydroxyl groups is 1. The molecule has 1 spiro atoms. The van der Waals surface area contributed by atoms with Gasteiger partial charge in [0.05, 0.1) is 6.61 Å². The standard InChI is InChI=1S/C30H31NO3/c32-19-21-13-16-31(17-14-21)25-9-7-23(8-10-25)29-27-12-11-26(33)18-24(27)20-34-30(29)15-3-5-22-4-1-2-6-28(22)30/h1-2,4,6-12,18-19,21,29,33H,3,5,13-17,20H2/t29-,30+/m1/s1. The molecule has 3 aromatic rings. The highest BCUT2D eigenvalue weighted by Crippen LogP contribution is 2.55. The third-order valence-electron chi connectivity index (χ3n) is 8.18. The van der Waals surface area contributed by atoms with Crippen LogP contribution in [0.15, 0.2) is 66.7 Å². The van der Waals surface area contributed by atoms with Crippen LogP contribution in [0, 0.1) is 5.92 Å². The van der Waals surface area contributed by atoms with Gasteiger partial charge >= 0.3 is 0 Å². The number of nitrogens with zero attached hydrogens (tertiary/aromatic N) is 1. The maximum atomic E-state index is 11.1. The van der Waals surface area contributed by atoms with E-state index in [1.165, 1.54) is 27.9 Å². The molecule has 1 fully saturated rings. The Labute approximate surface area is 201 Å². The van der Waals surface area contributed by atoms with Gasteiger partial charge in [-0.15, -0.1) is 0 Å². The van der Waals surface area contributed by atoms with Crippen molar-refractivity contribution >= 4 is 12.0 Å². The Hall–Kier alpha value is -3.11. The number of rotatable bonds is 3. The number of piperidine rings is 1. The Kier molecular flexibility index (Phi) is 5.41. The normalized spacial score (nSPS) is 24.5. The molecule has 4 nitrogen and oxygen atoms in total. The molecule has 0 bridgehead atoms. The number of carbonyl (C=O) groups is 1. The average Bonchev–Trinajstić information content (AvgIpc) is 2.89. The van der Waals surface area contributed by atoms with Crippen LogP contribution in [-0.4, -0.2) is 24.5 Å². The summed E-state index contributed by atoms with van der Waals surface area (Å²) < 4.78 is 6.80. The highest BCUT2D eigenvalue weighted by Gasteiger charge is 2.48. The number of hydrogen-bond donors (Lipinski definition) is 1. The first kappa shape index (κ1) is 21.4. The number of aryl methyl sites for hydroxylation is 1. The van der Waals surface area contributed by atoms with Crippen molar-refractivity contribution in [3.63, 3.8) is 0 Å². The average molecular weight is 454 g/mol. The minimum Gasteiger partial charge on any atom is -0.508 e. The maximum Gasteiger partial charge on any atom is 0.123 e. The van der Waals surface area contributed by atoms with E-state index < -0.39 is 5.60 Å². The van der Waals surface area contributed by atoms with E-state index >= 15 is 0 Å². The first-order valence-corrected chi connectivity index (χ1v) is 12.5. The smallest absolute Gasteiger partial charge is 0.123 e. The Balaban J connectivity index is 1.42. The highest BCUT2D eigenvalue weighted by atomic mass is 16.5. The summed E-state index contributed by atoms with van der Waals surface area (Å²) in [5.74, 6) is 0.553. The van der Waals surface area contributed by atoms with Crippen LogP contribution >= 0.6 is 0 Å². The van der Waals surface area contributed by atoms with Crippen LogP contribution in [0.4, 0.5) is 5.69 Å². The molecule has 3 aliphatic rings. The van der Waals surface area contributed by atoms with Crippen molar-refractivity contribution in [2.75, 3.05) is 18.0 Å². The summed E-state index contributed by atoms with van der Waals surface area (Å²) in [5, 5.41) is 10.1. The lowest BCUT2D eigenvalue weighted by atomic mass is 9.65. The van der Waals surface area contributed by atoms with Crippen molar-refractivity contribution in [1.82, 2.24) is 0 Å². The van der Waals surface area contributed by atoms with Crippen LogP contribution in [0.2, 0.25) is 0 Å². The zero-order valence-electron chi connectivity index (χ0n) is 19.5. The van der Waals surface area contributed by atoms with Crippen molar-refractivity contribution in [2.45, 2.75) is 50.2 Å². The second kappa shape index (κ2) is 8.59. The van der Waals surface area contributed by atoms with Crippen LogP contribution < -0.4 is 4.90 Å². The van der Waals surface area contributed by atoms with E-state index in [0.717, 1.165) is 57.0 Å². The van der Waals surface area contributed by atoms with Gasteiger partial charge in [0.2, 0.25) is 0 Å². The molecular weight excluding hydrogens is 422 g/mol. The first-order chi connectivity index (χ1) is 16.7. The van der Waals surface area contributed by atoms with Crippen LogP contribution in [0.3, 0.4) is 0 Å². The van der Waals surface area contributed by atoms with E-state index in [1.54, 1.807) is 0 Å². The van der Waals surface area contributed by atoms with Gasteiger partial charge in [0.25, 0.3) is 0 Å². The second-order valence-corrected chi connectivity index (χ2v) is 10.1. The van der Waals surface area contributed by atoms with E-state index in [1.807, 2.05) is 12.1 Å². The van der Waals surface area contributed by atoms with Gasteiger partial charge in [-0.25, -0.2) is 0 Å². The summed E-state index contributed by atoms with van der Waals surface area (Å²) in [6.45, 7) is 2.36. The molecule has 0 radical (unpaired) electrons. The lowest BCUT2D eigenvalue weighted by Crippen LogP contribution is -2.43. The molecule has 1 N–H and O–H groups in total. The summed E-state index contributed by atoms with van der Waals surface area (Å²) in [6, 6.07) is 23.5. The van der Waals surface area contributed by atoms with Crippen molar-refractivity contribution in [2.24, 2.45) is 5.92 Å². The minimum absolute atomic E-state index is 0.0631. The van der Waals surface area contributed by atoms with Crippen molar-refractivity contribution in [1.29, 1.82) is 0 Å². The molecular formula is C30H31NO3. The zero-order chi connectivity index (χ0) is 23.1. The molecule has 34 heavy (non-hydrogen) atoms. The van der Waals surface area contributed by atoms with Gasteiger partial charge in [-0.2, -0.15) is 0 Å². The molecule has 174 valence electrons. The fourth-order valence-electron chi connectivity index (χ4n) is 6.44. The van der Waals surface area contributed by atoms with Crippen LogP contribution in [0.5, 0.6) is 5.75 Å². The van der Waals surface area contributed by atoms with Crippen molar-refractivity contribution in [3.8, 4) is 5.75 Å². The van der Waals surface area contributed by atoms with E-state index in [-0.39, 0.29) is 17.6 Å². The number of phenolic OH excluding ortho intramolecular Hbond substituents is 1. The van der Waals surface area contributed by atoms with E-state index in [9.17, 15) is 9.90 Å². The Morgan fingerprint density at radius 1 is 0.971 bits per heavy atom. The molecule has 0 amide bonds. The van der Waals surface area contributed by atoms with Crippen LogP contribution in [-0.2, 0) is 28.2 Å². The molecule has 0 aromatic heterocycles. The molecule has 4 heteroatoms. The number of aldehydes is 1.